The van der Waals surface area contributed by atoms with E-state index in [1.165, 1.54) is 0 Å². The van der Waals surface area contributed by atoms with E-state index in [9.17, 15) is 0 Å². The van der Waals surface area contributed by atoms with Crippen LogP contribution in [0.1, 0.15) is 11.9 Å². The highest BCUT2D eigenvalue weighted by atomic mass is 16.5. The van der Waals surface area contributed by atoms with Gasteiger partial charge in [0.15, 0.2) is 0 Å². The molecule has 1 aliphatic heterocycles. The Morgan fingerprint density at radius 3 is 2.81 bits per heavy atom. The van der Waals surface area contributed by atoms with E-state index in [1.54, 1.807) is 0 Å². The Morgan fingerprint density at radius 2 is 1.92 bits per heavy atom. The zero-order chi connectivity index (χ0) is 17.3. The van der Waals surface area contributed by atoms with Crippen LogP contribution in [0, 0.1) is 0 Å². The minimum atomic E-state index is 0.340. The lowest BCUT2D eigenvalue weighted by Gasteiger charge is -2.25. The molecule has 0 spiro atoms. The summed E-state index contributed by atoms with van der Waals surface area (Å²) < 4.78 is 13.0. The summed E-state index contributed by atoms with van der Waals surface area (Å²) in [6, 6.07) is 16.5. The molecule has 0 unspecified atom stereocenters. The van der Waals surface area contributed by atoms with E-state index < -0.39 is 0 Å². The predicted octanol–water partition coefficient (Wildman–Crippen LogP) is 3.27. The first-order valence-corrected chi connectivity index (χ1v) is 8.54. The fourth-order valence-electron chi connectivity index (χ4n) is 3.02. The maximum atomic E-state index is 5.85. The zero-order valence-corrected chi connectivity index (χ0v) is 14.0. The number of rotatable bonds is 5. The summed E-state index contributed by atoms with van der Waals surface area (Å²) in [5, 5.41) is 18.3. The second-order valence-electron chi connectivity index (χ2n) is 6.25. The Hall–Kier alpha value is -3.19. The molecule has 7 heteroatoms. The lowest BCUT2D eigenvalue weighted by molar-refractivity contribution is -0.0285. The molecule has 2 aromatic heterocycles. The summed E-state index contributed by atoms with van der Waals surface area (Å²) >= 11 is 0. The van der Waals surface area contributed by atoms with Crippen molar-refractivity contribution in [1.82, 2.24) is 20.0 Å². The summed E-state index contributed by atoms with van der Waals surface area (Å²) in [5.41, 5.74) is 0.941. The van der Waals surface area contributed by atoms with Crippen LogP contribution in [0.3, 0.4) is 0 Å². The number of ether oxygens (including phenoxy) is 1. The molecule has 2 aromatic carbocycles. The number of hydrogen-bond donors (Lipinski definition) is 1. The summed E-state index contributed by atoms with van der Waals surface area (Å²) in [6.45, 7) is 1.87. The first-order valence-electron chi connectivity index (χ1n) is 8.54. The fourth-order valence-corrected chi connectivity index (χ4v) is 3.02. The third-order valence-corrected chi connectivity index (χ3v) is 4.51. The summed E-state index contributed by atoms with van der Waals surface area (Å²) in [5.74, 6) is 1.83. The topological polar surface area (TPSA) is 78.0 Å². The van der Waals surface area contributed by atoms with Crippen molar-refractivity contribution >= 4 is 16.6 Å². The molecule has 1 fully saturated rings. The lowest BCUT2D eigenvalue weighted by atomic mass is 10.0. The predicted molar refractivity (Wildman–Crippen MR) is 96.6 cm³/mol. The van der Waals surface area contributed by atoms with Crippen molar-refractivity contribution in [3.05, 3.63) is 60.6 Å². The van der Waals surface area contributed by atoms with Gasteiger partial charge < -0.3 is 14.5 Å². The first kappa shape index (κ1) is 15.1. The number of benzene rings is 2. The molecule has 1 N–H and O–H groups in total. The molecule has 0 bridgehead atoms. The molecule has 0 aliphatic carbocycles. The van der Waals surface area contributed by atoms with Crippen molar-refractivity contribution in [2.24, 2.45) is 0 Å². The summed E-state index contributed by atoms with van der Waals surface area (Å²) in [7, 11) is 0. The molecular formula is C19H17N5O2. The van der Waals surface area contributed by atoms with Crippen molar-refractivity contribution < 1.29 is 9.15 Å². The van der Waals surface area contributed by atoms with Crippen LogP contribution in [0.5, 0.6) is 0 Å². The molecule has 1 aliphatic rings. The van der Waals surface area contributed by atoms with Crippen molar-refractivity contribution in [3.8, 4) is 11.5 Å². The van der Waals surface area contributed by atoms with E-state index in [0.29, 0.717) is 24.4 Å². The van der Waals surface area contributed by atoms with E-state index in [4.69, 9.17) is 9.15 Å². The Labute approximate surface area is 149 Å². The average Bonchev–Trinajstić information content (AvgIpc) is 3.28. The summed E-state index contributed by atoms with van der Waals surface area (Å²) in [4.78, 5) is 0. The molecule has 26 heavy (non-hydrogen) atoms. The van der Waals surface area contributed by atoms with Crippen LogP contribution < -0.4 is 5.32 Å². The standard InChI is InChI=1S/C19H17N5O2/c1-2-6-15-13(4-1)5-3-7-16(15)19-22-21-18(26-19)10-20-17-8-9-24(23-17)14-11-25-12-14/h1-9,14H,10-12H2,(H,20,23). The Balaban J connectivity index is 1.33. The van der Waals surface area contributed by atoms with Gasteiger partial charge in [0.1, 0.15) is 5.82 Å². The number of aromatic nitrogens is 4. The van der Waals surface area contributed by atoms with Crippen molar-refractivity contribution in [3.63, 3.8) is 0 Å². The van der Waals surface area contributed by atoms with E-state index in [0.717, 1.165) is 35.4 Å². The summed E-state index contributed by atoms with van der Waals surface area (Å²) in [6.07, 6.45) is 1.95. The van der Waals surface area contributed by atoms with Gasteiger partial charge in [0, 0.05) is 17.8 Å². The van der Waals surface area contributed by atoms with E-state index in [1.807, 2.05) is 41.2 Å². The van der Waals surface area contributed by atoms with E-state index in [-0.39, 0.29) is 0 Å². The number of anilines is 1. The highest BCUT2D eigenvalue weighted by Crippen LogP contribution is 2.27. The fraction of sp³-hybridized carbons (Fsp3) is 0.211. The van der Waals surface area contributed by atoms with Crippen molar-refractivity contribution in [1.29, 1.82) is 0 Å². The highest BCUT2D eigenvalue weighted by Gasteiger charge is 2.21. The molecule has 130 valence electrons. The molecule has 1 saturated heterocycles. The SMILES string of the molecule is c1ccc2c(-c3nnc(CNc4ccn(C5COC5)n4)o3)cccc2c1. The Kier molecular flexibility index (Phi) is 3.64. The molecule has 3 heterocycles. The van der Waals surface area contributed by atoms with Crippen LogP contribution in [-0.2, 0) is 11.3 Å². The third-order valence-electron chi connectivity index (χ3n) is 4.51. The van der Waals surface area contributed by atoms with Gasteiger partial charge in [-0.1, -0.05) is 36.4 Å². The van der Waals surface area contributed by atoms with Crippen LogP contribution in [0.2, 0.25) is 0 Å². The Bertz CT molecular complexity index is 1050. The maximum absolute atomic E-state index is 5.85. The van der Waals surface area contributed by atoms with Crippen LogP contribution in [0.15, 0.2) is 59.1 Å². The minimum absolute atomic E-state index is 0.340. The van der Waals surface area contributed by atoms with Gasteiger partial charge in [0.05, 0.1) is 25.8 Å². The van der Waals surface area contributed by atoms with Crippen LogP contribution in [0.4, 0.5) is 5.82 Å². The first-order chi connectivity index (χ1) is 12.9. The average molecular weight is 347 g/mol. The van der Waals surface area contributed by atoms with Crippen LogP contribution >= 0.6 is 0 Å². The van der Waals surface area contributed by atoms with Gasteiger partial charge in [-0.2, -0.15) is 5.10 Å². The minimum Gasteiger partial charge on any atom is -0.419 e. The Morgan fingerprint density at radius 1 is 1.04 bits per heavy atom. The van der Waals surface area contributed by atoms with Crippen molar-refractivity contribution in [2.75, 3.05) is 18.5 Å². The second-order valence-corrected chi connectivity index (χ2v) is 6.25. The lowest BCUT2D eigenvalue weighted by Crippen LogP contribution is -2.30. The van der Waals surface area contributed by atoms with Gasteiger partial charge in [0.2, 0.25) is 11.8 Å². The maximum Gasteiger partial charge on any atom is 0.248 e. The number of nitrogens with zero attached hydrogens (tertiary/aromatic N) is 4. The smallest absolute Gasteiger partial charge is 0.248 e. The van der Waals surface area contributed by atoms with Crippen LogP contribution in [0.25, 0.3) is 22.2 Å². The van der Waals surface area contributed by atoms with Gasteiger partial charge >= 0.3 is 0 Å². The highest BCUT2D eigenvalue weighted by molar-refractivity contribution is 5.94. The zero-order valence-electron chi connectivity index (χ0n) is 14.0. The molecular weight excluding hydrogens is 330 g/mol. The molecule has 7 nitrogen and oxygen atoms in total. The van der Waals surface area contributed by atoms with Gasteiger partial charge in [0.25, 0.3) is 0 Å². The van der Waals surface area contributed by atoms with E-state index in [2.05, 4.69) is 38.8 Å². The van der Waals surface area contributed by atoms with Gasteiger partial charge in [-0.25, -0.2) is 0 Å². The second kappa shape index (κ2) is 6.27. The molecule has 0 amide bonds. The number of fused-ring (bicyclic) bond motifs is 1. The van der Waals surface area contributed by atoms with Crippen LogP contribution in [-0.4, -0.2) is 33.2 Å². The number of nitrogens with one attached hydrogen (secondary N) is 1. The van der Waals surface area contributed by atoms with Gasteiger partial charge in [-0.05, 0) is 16.8 Å². The normalized spacial score (nSPS) is 14.5. The molecule has 0 radical (unpaired) electrons. The monoisotopic (exact) mass is 347 g/mol. The van der Waals surface area contributed by atoms with Crippen molar-refractivity contribution in [2.45, 2.75) is 12.6 Å². The van der Waals surface area contributed by atoms with Gasteiger partial charge in [-0.15, -0.1) is 10.2 Å². The largest absolute Gasteiger partial charge is 0.419 e. The molecule has 0 saturated carbocycles. The quantitative estimate of drug-likeness (QED) is 0.597. The molecule has 5 rings (SSSR count). The molecule has 4 aromatic rings. The number of hydrogen-bond acceptors (Lipinski definition) is 6. The van der Waals surface area contributed by atoms with E-state index >= 15 is 0 Å². The third kappa shape index (κ3) is 2.72. The van der Waals surface area contributed by atoms with Gasteiger partial charge in [-0.3, -0.25) is 4.68 Å². The molecule has 0 atom stereocenters.